The van der Waals surface area contributed by atoms with E-state index in [9.17, 15) is 9.59 Å². The van der Waals surface area contributed by atoms with Gasteiger partial charge in [0.2, 0.25) is 0 Å². The van der Waals surface area contributed by atoms with E-state index in [4.69, 9.17) is 13.9 Å². The number of anilines is 2. The zero-order valence-corrected chi connectivity index (χ0v) is 14.9. The van der Waals surface area contributed by atoms with Crippen LogP contribution in [0.4, 0.5) is 11.4 Å². The number of amides is 2. The molecule has 0 aliphatic carbocycles. The molecule has 1 aliphatic rings. The Labute approximate surface area is 155 Å². The number of furan rings is 1. The van der Waals surface area contributed by atoms with Crippen molar-refractivity contribution < 1.29 is 23.5 Å². The first-order valence-electron chi connectivity index (χ1n) is 8.49. The average molecular weight is 366 g/mol. The summed E-state index contributed by atoms with van der Waals surface area (Å²) in [6.45, 7) is 1.93. The number of benzene rings is 2. The smallest absolute Gasteiger partial charge is 0.291 e. The number of hydrogen-bond donors (Lipinski definition) is 2. The maximum Gasteiger partial charge on any atom is 0.291 e. The van der Waals surface area contributed by atoms with Crippen molar-refractivity contribution in [2.24, 2.45) is 0 Å². The highest BCUT2D eigenvalue weighted by Gasteiger charge is 2.25. The maximum absolute atomic E-state index is 12.8. The minimum absolute atomic E-state index is 0.199. The normalized spacial score (nSPS) is 15.8. The van der Waals surface area contributed by atoms with Crippen molar-refractivity contribution in [3.8, 4) is 5.75 Å². The largest absolute Gasteiger partial charge is 0.479 e. The van der Waals surface area contributed by atoms with Gasteiger partial charge in [0.1, 0.15) is 11.3 Å². The Bertz CT molecular complexity index is 1040. The van der Waals surface area contributed by atoms with E-state index >= 15 is 0 Å². The molecule has 1 aromatic heterocycles. The van der Waals surface area contributed by atoms with Gasteiger partial charge in [0.05, 0.1) is 12.3 Å². The zero-order chi connectivity index (χ0) is 19.0. The summed E-state index contributed by atoms with van der Waals surface area (Å²) in [6.07, 6.45) is -0.551. The van der Waals surface area contributed by atoms with E-state index in [1.807, 2.05) is 18.2 Å². The molecule has 0 unspecified atom stereocenters. The molecular weight excluding hydrogens is 348 g/mol. The second-order valence-corrected chi connectivity index (χ2v) is 6.25. The molecule has 0 fully saturated rings. The molecule has 0 saturated carbocycles. The summed E-state index contributed by atoms with van der Waals surface area (Å²) in [7, 11) is 1.57. The van der Waals surface area contributed by atoms with Crippen molar-refractivity contribution in [3.05, 3.63) is 53.8 Å². The van der Waals surface area contributed by atoms with E-state index in [2.05, 4.69) is 10.6 Å². The number of methoxy groups -OCH3 is 1. The van der Waals surface area contributed by atoms with E-state index in [-0.39, 0.29) is 18.3 Å². The van der Waals surface area contributed by atoms with Crippen LogP contribution < -0.4 is 15.4 Å². The van der Waals surface area contributed by atoms with E-state index in [0.29, 0.717) is 28.3 Å². The van der Waals surface area contributed by atoms with Crippen LogP contribution in [-0.4, -0.2) is 25.0 Å². The van der Waals surface area contributed by atoms with Crippen LogP contribution in [0.15, 0.2) is 46.9 Å². The van der Waals surface area contributed by atoms with E-state index < -0.39 is 12.0 Å². The van der Waals surface area contributed by atoms with Crippen LogP contribution in [0.5, 0.6) is 5.75 Å². The molecule has 2 aromatic carbocycles. The summed E-state index contributed by atoms with van der Waals surface area (Å²) in [5.74, 6) is 0.133. The highest BCUT2D eigenvalue weighted by Crippen LogP contribution is 2.33. The third kappa shape index (κ3) is 3.13. The summed E-state index contributed by atoms with van der Waals surface area (Å²) in [5.41, 5.74) is 2.34. The maximum atomic E-state index is 12.8. The van der Waals surface area contributed by atoms with Crippen LogP contribution in [0.3, 0.4) is 0 Å². The van der Waals surface area contributed by atoms with Crippen LogP contribution in [0, 0.1) is 0 Å². The molecular formula is C20H18N2O5. The molecule has 3 aromatic rings. The molecule has 0 saturated heterocycles. The summed E-state index contributed by atoms with van der Waals surface area (Å²) < 4.78 is 16.5. The van der Waals surface area contributed by atoms with Crippen LogP contribution >= 0.6 is 0 Å². The molecule has 7 heteroatoms. The molecule has 0 spiro atoms. The van der Waals surface area contributed by atoms with Gasteiger partial charge in [-0.15, -0.1) is 0 Å². The van der Waals surface area contributed by atoms with Gasteiger partial charge in [-0.2, -0.15) is 0 Å². The number of fused-ring (bicyclic) bond motifs is 2. The lowest BCUT2D eigenvalue weighted by Gasteiger charge is -2.23. The molecule has 27 heavy (non-hydrogen) atoms. The lowest BCUT2D eigenvalue weighted by atomic mass is 10.1. The standard InChI is InChI=1S/C20H18N2O5/c1-11-19(23)22-15-9-12(7-8-17(15)26-11)21-20(24)18-14(10-25-2)13-5-3-4-6-16(13)27-18/h3-9,11H,10H2,1-2H3,(H,21,24)(H,22,23)/t11-/m1/s1. The molecule has 2 heterocycles. The topological polar surface area (TPSA) is 89.8 Å². The Morgan fingerprint density at radius 3 is 2.89 bits per heavy atom. The second-order valence-electron chi connectivity index (χ2n) is 6.25. The predicted octanol–water partition coefficient (Wildman–Crippen LogP) is 3.55. The number of carbonyl (C=O) groups excluding carboxylic acids is 2. The third-order valence-electron chi connectivity index (χ3n) is 4.36. The minimum atomic E-state index is -0.551. The summed E-state index contributed by atoms with van der Waals surface area (Å²) >= 11 is 0. The third-order valence-corrected chi connectivity index (χ3v) is 4.36. The summed E-state index contributed by atoms with van der Waals surface area (Å²) in [6, 6.07) is 12.5. The molecule has 1 aliphatic heterocycles. The number of rotatable bonds is 4. The monoisotopic (exact) mass is 366 g/mol. The molecule has 4 rings (SSSR count). The molecule has 2 N–H and O–H groups in total. The molecule has 7 nitrogen and oxygen atoms in total. The van der Waals surface area contributed by atoms with Crippen molar-refractivity contribution in [3.63, 3.8) is 0 Å². The van der Waals surface area contributed by atoms with Crippen molar-refractivity contribution in [2.45, 2.75) is 19.6 Å². The SMILES string of the molecule is COCc1c(C(=O)Nc2ccc3c(c2)NC(=O)[C@@H](C)O3)oc2ccccc12. The Balaban J connectivity index is 1.63. The van der Waals surface area contributed by atoms with Crippen LogP contribution in [0.2, 0.25) is 0 Å². The van der Waals surface area contributed by atoms with E-state index in [0.717, 1.165) is 5.39 Å². The van der Waals surface area contributed by atoms with Crippen molar-refractivity contribution >= 4 is 34.2 Å². The predicted molar refractivity (Wildman–Crippen MR) is 100 cm³/mol. The number of ether oxygens (including phenoxy) is 2. The Morgan fingerprint density at radius 1 is 1.26 bits per heavy atom. The van der Waals surface area contributed by atoms with E-state index in [1.54, 1.807) is 38.3 Å². The molecule has 0 bridgehead atoms. The quantitative estimate of drug-likeness (QED) is 0.737. The average Bonchev–Trinajstić information content (AvgIpc) is 3.02. The van der Waals surface area contributed by atoms with Crippen molar-refractivity contribution in [2.75, 3.05) is 17.7 Å². The van der Waals surface area contributed by atoms with Gasteiger partial charge in [0.25, 0.3) is 11.8 Å². The molecule has 0 radical (unpaired) electrons. The first-order chi connectivity index (χ1) is 13.1. The lowest BCUT2D eigenvalue weighted by Crippen LogP contribution is -2.34. The molecule has 2 amide bonds. The first-order valence-corrected chi connectivity index (χ1v) is 8.49. The number of nitrogens with one attached hydrogen (secondary N) is 2. The molecule has 1 atom stereocenters. The van der Waals surface area contributed by atoms with Gasteiger partial charge in [0.15, 0.2) is 11.9 Å². The van der Waals surface area contributed by atoms with Gasteiger partial charge < -0.3 is 24.5 Å². The highest BCUT2D eigenvalue weighted by atomic mass is 16.5. The lowest BCUT2D eigenvalue weighted by molar-refractivity contribution is -0.122. The fraction of sp³-hybridized carbons (Fsp3) is 0.200. The molecule has 138 valence electrons. The number of carbonyl (C=O) groups is 2. The Morgan fingerprint density at radius 2 is 2.07 bits per heavy atom. The van der Waals surface area contributed by atoms with Gasteiger partial charge in [-0.1, -0.05) is 18.2 Å². The van der Waals surface area contributed by atoms with Gasteiger partial charge in [-0.05, 0) is 31.2 Å². The Hall–Kier alpha value is -3.32. The fourth-order valence-corrected chi connectivity index (χ4v) is 3.04. The van der Waals surface area contributed by atoms with Gasteiger partial charge in [-0.25, -0.2) is 0 Å². The van der Waals surface area contributed by atoms with Gasteiger partial charge >= 0.3 is 0 Å². The van der Waals surface area contributed by atoms with Gasteiger partial charge in [-0.3, -0.25) is 9.59 Å². The highest BCUT2D eigenvalue weighted by molar-refractivity contribution is 6.07. The zero-order valence-electron chi connectivity index (χ0n) is 14.9. The van der Waals surface area contributed by atoms with Crippen LogP contribution in [0.25, 0.3) is 11.0 Å². The Kier molecular flexibility index (Phi) is 4.29. The van der Waals surface area contributed by atoms with Gasteiger partial charge in [0, 0.05) is 23.7 Å². The number of para-hydroxylation sites is 1. The number of hydrogen-bond acceptors (Lipinski definition) is 5. The first kappa shape index (κ1) is 17.1. The van der Waals surface area contributed by atoms with E-state index in [1.165, 1.54) is 0 Å². The minimum Gasteiger partial charge on any atom is -0.479 e. The summed E-state index contributed by atoms with van der Waals surface area (Å²) in [4.78, 5) is 24.6. The fourth-order valence-electron chi connectivity index (χ4n) is 3.04. The van der Waals surface area contributed by atoms with Crippen molar-refractivity contribution in [1.82, 2.24) is 0 Å². The van der Waals surface area contributed by atoms with Crippen LogP contribution in [-0.2, 0) is 16.1 Å². The second kappa shape index (κ2) is 6.77. The van der Waals surface area contributed by atoms with Crippen LogP contribution in [0.1, 0.15) is 23.0 Å². The summed E-state index contributed by atoms with van der Waals surface area (Å²) in [5, 5.41) is 6.39. The van der Waals surface area contributed by atoms with Crippen molar-refractivity contribution in [1.29, 1.82) is 0 Å².